The summed E-state index contributed by atoms with van der Waals surface area (Å²) in [6.07, 6.45) is 4.38. The lowest BCUT2D eigenvalue weighted by molar-refractivity contribution is 0.659. The number of hydrogen-bond acceptors (Lipinski definition) is 4. The zero-order valence-electron chi connectivity index (χ0n) is 11.4. The van der Waals surface area contributed by atoms with E-state index in [2.05, 4.69) is 21.1 Å². The lowest BCUT2D eigenvalue weighted by Crippen LogP contribution is -2.17. The van der Waals surface area contributed by atoms with Crippen LogP contribution in [0, 0.1) is 0 Å². The van der Waals surface area contributed by atoms with Gasteiger partial charge in [-0.25, -0.2) is 4.98 Å². The van der Waals surface area contributed by atoms with Crippen molar-refractivity contribution in [2.75, 3.05) is 6.54 Å². The van der Waals surface area contributed by atoms with E-state index in [1.54, 1.807) is 4.68 Å². The Hall–Kier alpha value is -2.18. The second-order valence-corrected chi connectivity index (χ2v) is 4.88. The maximum Gasteiger partial charge on any atom is 0.148 e. The van der Waals surface area contributed by atoms with Gasteiger partial charge in [-0.3, -0.25) is 4.68 Å². The van der Waals surface area contributed by atoms with Crippen LogP contribution in [0.1, 0.15) is 23.0 Å². The number of nitrogens with two attached hydrogens (primary N) is 2. The molecular weight excluding hydrogens is 252 g/mol. The summed E-state index contributed by atoms with van der Waals surface area (Å²) >= 11 is 0. The first-order valence-corrected chi connectivity index (χ1v) is 6.60. The van der Waals surface area contributed by atoms with E-state index < -0.39 is 0 Å². The number of hydrogen-bond donors (Lipinski definition) is 3. The third-order valence-corrected chi connectivity index (χ3v) is 3.59. The number of aryl methyl sites for hydroxylation is 1. The molecule has 1 unspecified atom stereocenters. The first-order chi connectivity index (χ1) is 9.70. The van der Waals surface area contributed by atoms with E-state index in [0.717, 1.165) is 23.3 Å². The van der Waals surface area contributed by atoms with Gasteiger partial charge in [0.15, 0.2) is 0 Å². The first kappa shape index (κ1) is 12.8. The number of nitrogens with zero attached hydrogens (tertiary/aromatic N) is 3. The van der Waals surface area contributed by atoms with Crippen molar-refractivity contribution in [2.24, 2.45) is 18.5 Å². The molecule has 2 heterocycles. The van der Waals surface area contributed by atoms with Crippen LogP contribution in [-0.2, 0) is 13.5 Å². The van der Waals surface area contributed by atoms with Crippen molar-refractivity contribution in [3.05, 3.63) is 47.7 Å². The summed E-state index contributed by atoms with van der Waals surface area (Å²) in [4.78, 5) is 7.47. The lowest BCUT2D eigenvalue weighted by Gasteiger charge is -2.11. The van der Waals surface area contributed by atoms with Gasteiger partial charge in [0.1, 0.15) is 12.2 Å². The standard InChI is InChI=1S/C14H18N6/c1-20-14(18-8-19-20)13(16)9-2-3-12-11(6-9)10(4-5-15)7-17-12/h2-3,6-8,13,17H,4-5,15-16H2,1H3. The van der Waals surface area contributed by atoms with Crippen LogP contribution in [0.3, 0.4) is 0 Å². The Balaban J connectivity index is 2.03. The molecule has 0 aliphatic carbocycles. The van der Waals surface area contributed by atoms with Gasteiger partial charge < -0.3 is 16.5 Å². The Bertz CT molecular complexity index is 726. The zero-order valence-corrected chi connectivity index (χ0v) is 11.4. The second-order valence-electron chi connectivity index (χ2n) is 4.88. The molecule has 0 fully saturated rings. The summed E-state index contributed by atoms with van der Waals surface area (Å²) in [6.45, 7) is 0.631. The van der Waals surface area contributed by atoms with Crippen molar-refractivity contribution in [1.29, 1.82) is 0 Å². The average Bonchev–Trinajstić information content (AvgIpc) is 3.05. The van der Waals surface area contributed by atoms with E-state index >= 15 is 0 Å². The normalized spacial score (nSPS) is 12.9. The van der Waals surface area contributed by atoms with Gasteiger partial charge in [-0.05, 0) is 36.2 Å². The number of benzene rings is 1. The zero-order chi connectivity index (χ0) is 14.1. The largest absolute Gasteiger partial charge is 0.361 e. The van der Waals surface area contributed by atoms with E-state index in [1.165, 1.54) is 17.3 Å². The van der Waals surface area contributed by atoms with Crippen LogP contribution in [0.2, 0.25) is 0 Å². The fourth-order valence-electron chi connectivity index (χ4n) is 2.49. The highest BCUT2D eigenvalue weighted by Gasteiger charge is 2.15. The van der Waals surface area contributed by atoms with Gasteiger partial charge in [0, 0.05) is 24.1 Å². The van der Waals surface area contributed by atoms with Gasteiger partial charge in [-0.2, -0.15) is 5.10 Å². The second kappa shape index (κ2) is 5.07. The van der Waals surface area contributed by atoms with Gasteiger partial charge in [-0.1, -0.05) is 6.07 Å². The Labute approximate surface area is 116 Å². The highest BCUT2D eigenvalue weighted by Crippen LogP contribution is 2.24. The molecule has 1 aromatic carbocycles. The van der Waals surface area contributed by atoms with Crippen molar-refractivity contribution >= 4 is 10.9 Å². The molecule has 6 heteroatoms. The Morgan fingerprint density at radius 3 is 2.95 bits per heavy atom. The highest BCUT2D eigenvalue weighted by molar-refractivity contribution is 5.84. The summed E-state index contributed by atoms with van der Waals surface area (Å²) in [7, 11) is 1.84. The maximum absolute atomic E-state index is 6.29. The van der Waals surface area contributed by atoms with Gasteiger partial charge >= 0.3 is 0 Å². The SMILES string of the molecule is Cn1ncnc1C(N)c1ccc2[nH]cc(CCN)c2c1. The number of H-pyrrole nitrogens is 1. The summed E-state index contributed by atoms with van der Waals surface area (Å²) in [5, 5.41) is 5.24. The van der Waals surface area contributed by atoms with Gasteiger partial charge in [0.05, 0.1) is 6.04 Å². The number of aromatic amines is 1. The third-order valence-electron chi connectivity index (χ3n) is 3.59. The molecule has 3 rings (SSSR count). The smallest absolute Gasteiger partial charge is 0.148 e. The van der Waals surface area contributed by atoms with Crippen molar-refractivity contribution in [2.45, 2.75) is 12.5 Å². The molecule has 104 valence electrons. The Morgan fingerprint density at radius 1 is 1.40 bits per heavy atom. The van der Waals surface area contributed by atoms with E-state index in [-0.39, 0.29) is 6.04 Å². The average molecular weight is 270 g/mol. The fraction of sp³-hybridized carbons (Fsp3) is 0.286. The van der Waals surface area contributed by atoms with E-state index in [1.807, 2.05) is 25.4 Å². The molecule has 1 atom stereocenters. The van der Waals surface area contributed by atoms with Gasteiger partial charge in [-0.15, -0.1) is 0 Å². The molecule has 0 saturated carbocycles. The number of rotatable bonds is 4. The van der Waals surface area contributed by atoms with Crippen molar-refractivity contribution in [3.63, 3.8) is 0 Å². The molecule has 0 aliphatic rings. The molecule has 3 aromatic rings. The minimum absolute atomic E-state index is 0.285. The molecular formula is C14H18N6. The predicted molar refractivity (Wildman–Crippen MR) is 78.1 cm³/mol. The molecule has 0 aliphatic heterocycles. The van der Waals surface area contributed by atoms with Crippen LogP contribution >= 0.6 is 0 Å². The number of fused-ring (bicyclic) bond motifs is 1. The minimum Gasteiger partial charge on any atom is -0.361 e. The topological polar surface area (TPSA) is 98.5 Å². The Kier molecular flexibility index (Phi) is 3.25. The molecule has 0 bridgehead atoms. The molecule has 2 aromatic heterocycles. The lowest BCUT2D eigenvalue weighted by atomic mass is 10.0. The van der Waals surface area contributed by atoms with Crippen molar-refractivity contribution < 1.29 is 0 Å². The van der Waals surface area contributed by atoms with Gasteiger partial charge in [0.25, 0.3) is 0 Å². The van der Waals surface area contributed by atoms with Crippen LogP contribution in [0.25, 0.3) is 10.9 Å². The van der Waals surface area contributed by atoms with Crippen LogP contribution in [0.5, 0.6) is 0 Å². The molecule has 20 heavy (non-hydrogen) atoms. The van der Waals surface area contributed by atoms with Crippen LogP contribution in [0.4, 0.5) is 0 Å². The van der Waals surface area contributed by atoms with E-state index in [4.69, 9.17) is 11.5 Å². The number of nitrogens with one attached hydrogen (secondary N) is 1. The van der Waals surface area contributed by atoms with Gasteiger partial charge in [0.2, 0.25) is 0 Å². The summed E-state index contributed by atoms with van der Waals surface area (Å²) < 4.78 is 1.70. The number of aromatic nitrogens is 4. The summed E-state index contributed by atoms with van der Waals surface area (Å²) in [5.74, 6) is 0.750. The third kappa shape index (κ3) is 2.09. The summed E-state index contributed by atoms with van der Waals surface area (Å²) in [5.41, 5.74) is 15.3. The van der Waals surface area contributed by atoms with Crippen LogP contribution in [-0.4, -0.2) is 26.3 Å². The van der Waals surface area contributed by atoms with Crippen molar-refractivity contribution in [3.8, 4) is 0 Å². The predicted octanol–water partition coefficient (Wildman–Crippen LogP) is 0.846. The quantitative estimate of drug-likeness (QED) is 0.654. The molecule has 5 N–H and O–H groups in total. The monoisotopic (exact) mass is 270 g/mol. The molecule has 0 amide bonds. The molecule has 0 radical (unpaired) electrons. The summed E-state index contributed by atoms with van der Waals surface area (Å²) in [6, 6.07) is 5.88. The maximum atomic E-state index is 6.29. The van der Waals surface area contributed by atoms with Crippen LogP contribution < -0.4 is 11.5 Å². The molecule has 0 spiro atoms. The molecule has 6 nitrogen and oxygen atoms in total. The van der Waals surface area contributed by atoms with E-state index in [0.29, 0.717) is 6.54 Å². The van der Waals surface area contributed by atoms with Crippen LogP contribution in [0.15, 0.2) is 30.7 Å². The minimum atomic E-state index is -0.285. The fourth-order valence-corrected chi connectivity index (χ4v) is 2.49. The van der Waals surface area contributed by atoms with Crippen molar-refractivity contribution in [1.82, 2.24) is 19.7 Å². The molecule has 0 saturated heterocycles. The first-order valence-electron chi connectivity index (χ1n) is 6.60. The Morgan fingerprint density at radius 2 is 2.25 bits per heavy atom. The highest BCUT2D eigenvalue weighted by atomic mass is 15.3. The van der Waals surface area contributed by atoms with E-state index in [9.17, 15) is 0 Å².